The normalized spacial score (nSPS) is 11.8. The third kappa shape index (κ3) is 3.26. The molecule has 0 aliphatic carbocycles. The van der Waals surface area contributed by atoms with E-state index in [0.29, 0.717) is 17.1 Å². The third-order valence-electron chi connectivity index (χ3n) is 4.13. The Morgan fingerprint density at radius 2 is 1.73 bits per heavy atom. The molecular formula is C20H19NO5. The van der Waals surface area contributed by atoms with Crippen LogP contribution in [0.15, 0.2) is 48.7 Å². The third-order valence-corrected chi connectivity index (χ3v) is 4.13. The van der Waals surface area contributed by atoms with E-state index >= 15 is 0 Å². The van der Waals surface area contributed by atoms with Crippen molar-refractivity contribution in [2.45, 2.75) is 13.0 Å². The van der Waals surface area contributed by atoms with Crippen LogP contribution in [0, 0.1) is 0 Å². The molecule has 0 aliphatic rings. The highest BCUT2D eigenvalue weighted by Crippen LogP contribution is 2.28. The summed E-state index contributed by atoms with van der Waals surface area (Å²) in [6.45, 7) is 1.56. The smallest absolute Gasteiger partial charge is 0.338 e. The van der Waals surface area contributed by atoms with E-state index in [-0.39, 0.29) is 11.3 Å². The number of esters is 1. The summed E-state index contributed by atoms with van der Waals surface area (Å²) >= 11 is 0. The van der Waals surface area contributed by atoms with Crippen LogP contribution >= 0.6 is 0 Å². The van der Waals surface area contributed by atoms with Crippen molar-refractivity contribution in [3.63, 3.8) is 0 Å². The topological polar surface area (TPSA) is 77.6 Å². The second-order valence-electron chi connectivity index (χ2n) is 5.73. The molecule has 0 aliphatic heterocycles. The van der Waals surface area contributed by atoms with Crippen LogP contribution in [-0.4, -0.2) is 37.1 Å². The van der Waals surface area contributed by atoms with Gasteiger partial charge in [0.1, 0.15) is 0 Å². The molecule has 134 valence electrons. The number of benzene rings is 2. The number of fused-ring (bicyclic) bond motifs is 1. The average molecular weight is 353 g/mol. The zero-order valence-corrected chi connectivity index (χ0v) is 14.7. The van der Waals surface area contributed by atoms with E-state index < -0.39 is 12.1 Å². The van der Waals surface area contributed by atoms with Crippen molar-refractivity contribution in [2.75, 3.05) is 14.2 Å². The van der Waals surface area contributed by atoms with Gasteiger partial charge < -0.3 is 19.2 Å². The fourth-order valence-electron chi connectivity index (χ4n) is 2.74. The maximum atomic E-state index is 12.7. The van der Waals surface area contributed by atoms with Crippen molar-refractivity contribution in [1.82, 2.24) is 4.98 Å². The highest BCUT2D eigenvalue weighted by atomic mass is 16.5. The monoisotopic (exact) mass is 353 g/mol. The Labute approximate surface area is 150 Å². The highest BCUT2D eigenvalue weighted by molar-refractivity contribution is 6.10. The first-order valence-electron chi connectivity index (χ1n) is 8.08. The summed E-state index contributed by atoms with van der Waals surface area (Å²) in [5, 5.41) is 0.798. The summed E-state index contributed by atoms with van der Waals surface area (Å²) in [5.74, 6) is 0.0486. The average Bonchev–Trinajstić information content (AvgIpc) is 3.10. The number of aromatic nitrogens is 1. The van der Waals surface area contributed by atoms with Gasteiger partial charge in [0, 0.05) is 22.7 Å². The Kier molecular flexibility index (Phi) is 4.93. The molecule has 3 rings (SSSR count). The highest BCUT2D eigenvalue weighted by Gasteiger charge is 2.23. The molecule has 0 bridgehead atoms. The van der Waals surface area contributed by atoms with Gasteiger partial charge >= 0.3 is 5.97 Å². The quantitative estimate of drug-likeness (QED) is 0.541. The number of hydrogen-bond acceptors (Lipinski definition) is 5. The Hall–Kier alpha value is -3.28. The maximum Gasteiger partial charge on any atom is 0.338 e. The summed E-state index contributed by atoms with van der Waals surface area (Å²) in [7, 11) is 2.99. The zero-order chi connectivity index (χ0) is 18.7. The fourth-order valence-corrected chi connectivity index (χ4v) is 2.74. The minimum Gasteiger partial charge on any atom is -0.493 e. The molecule has 1 N–H and O–H groups in total. The molecule has 2 aromatic carbocycles. The Morgan fingerprint density at radius 1 is 1.00 bits per heavy atom. The van der Waals surface area contributed by atoms with Gasteiger partial charge in [-0.1, -0.05) is 18.2 Å². The molecule has 6 nitrogen and oxygen atoms in total. The lowest BCUT2D eigenvalue weighted by atomic mass is 10.1. The maximum absolute atomic E-state index is 12.7. The van der Waals surface area contributed by atoms with E-state index in [2.05, 4.69) is 4.98 Å². The van der Waals surface area contributed by atoms with Gasteiger partial charge in [-0.3, -0.25) is 4.79 Å². The van der Waals surface area contributed by atoms with Gasteiger partial charge in [0.2, 0.25) is 5.78 Å². The number of H-pyrrole nitrogens is 1. The van der Waals surface area contributed by atoms with Crippen LogP contribution in [0.25, 0.3) is 10.9 Å². The number of carbonyl (C=O) groups excluding carboxylic acids is 2. The number of Topliss-reactive ketones (excluding diaryl/α,β-unsaturated/α-hetero) is 1. The molecule has 1 atom stereocenters. The molecule has 0 spiro atoms. The minimum atomic E-state index is -0.921. The number of nitrogens with one attached hydrogen (secondary N) is 1. The molecule has 6 heteroatoms. The fraction of sp³-hybridized carbons (Fsp3) is 0.200. The van der Waals surface area contributed by atoms with E-state index in [1.165, 1.54) is 20.3 Å². The van der Waals surface area contributed by atoms with Crippen molar-refractivity contribution >= 4 is 22.7 Å². The van der Waals surface area contributed by atoms with Crippen molar-refractivity contribution in [2.24, 2.45) is 0 Å². The van der Waals surface area contributed by atoms with Crippen LogP contribution in [0.3, 0.4) is 0 Å². The Balaban J connectivity index is 1.78. The van der Waals surface area contributed by atoms with Crippen LogP contribution < -0.4 is 9.47 Å². The molecule has 26 heavy (non-hydrogen) atoms. The van der Waals surface area contributed by atoms with Crippen LogP contribution in [0.5, 0.6) is 11.5 Å². The number of aromatic amines is 1. The van der Waals surface area contributed by atoms with E-state index in [1.54, 1.807) is 25.3 Å². The summed E-state index contributed by atoms with van der Waals surface area (Å²) < 4.78 is 15.7. The first kappa shape index (κ1) is 17.5. The lowest BCUT2D eigenvalue weighted by Gasteiger charge is -2.13. The SMILES string of the molecule is COc1ccc(C(=O)O[C@H](C)C(=O)c2c[nH]c3ccccc23)cc1OC. The molecule has 1 heterocycles. The van der Waals surface area contributed by atoms with E-state index in [9.17, 15) is 9.59 Å². The number of hydrogen-bond donors (Lipinski definition) is 1. The minimum absolute atomic E-state index is 0.267. The number of ether oxygens (including phenoxy) is 3. The molecule has 0 unspecified atom stereocenters. The van der Waals surface area contributed by atoms with Crippen LogP contribution in [0.1, 0.15) is 27.6 Å². The number of ketones is 1. The number of rotatable bonds is 6. The summed E-state index contributed by atoms with van der Waals surface area (Å²) in [5.41, 5.74) is 1.63. The summed E-state index contributed by atoms with van der Waals surface area (Å²) in [6, 6.07) is 12.2. The first-order valence-corrected chi connectivity index (χ1v) is 8.08. The van der Waals surface area contributed by atoms with Gasteiger partial charge in [-0.15, -0.1) is 0 Å². The van der Waals surface area contributed by atoms with Crippen LogP contribution in [0.4, 0.5) is 0 Å². The van der Waals surface area contributed by atoms with Crippen LogP contribution in [0.2, 0.25) is 0 Å². The lowest BCUT2D eigenvalue weighted by molar-refractivity contribution is 0.0319. The van der Waals surface area contributed by atoms with Gasteiger partial charge in [0.25, 0.3) is 0 Å². The van der Waals surface area contributed by atoms with E-state index in [0.717, 1.165) is 10.9 Å². The van der Waals surface area contributed by atoms with E-state index in [4.69, 9.17) is 14.2 Å². The molecule has 0 fully saturated rings. The van der Waals surface area contributed by atoms with Gasteiger partial charge in [0.15, 0.2) is 17.6 Å². The predicted octanol–water partition coefficient (Wildman–Crippen LogP) is 3.61. The summed E-state index contributed by atoms with van der Waals surface area (Å²) in [6.07, 6.45) is 0.711. The van der Waals surface area contributed by atoms with Crippen molar-refractivity contribution in [1.29, 1.82) is 0 Å². The standard InChI is InChI=1S/C20H19NO5/c1-12(19(22)15-11-21-16-7-5-4-6-14(15)16)26-20(23)13-8-9-17(24-2)18(10-13)25-3/h4-12,21H,1-3H3/t12-/m1/s1. The number of para-hydroxylation sites is 1. The Bertz CT molecular complexity index is 960. The number of carbonyl (C=O) groups is 2. The van der Waals surface area contributed by atoms with Crippen molar-refractivity contribution in [3.05, 3.63) is 59.8 Å². The zero-order valence-electron chi connectivity index (χ0n) is 14.7. The van der Waals surface area contributed by atoms with E-state index in [1.807, 2.05) is 24.3 Å². The van der Waals surface area contributed by atoms with Crippen LogP contribution in [-0.2, 0) is 4.74 Å². The largest absolute Gasteiger partial charge is 0.493 e. The Morgan fingerprint density at radius 3 is 2.46 bits per heavy atom. The molecule has 0 amide bonds. The molecule has 0 saturated heterocycles. The second kappa shape index (κ2) is 7.31. The molecular weight excluding hydrogens is 334 g/mol. The first-order chi connectivity index (χ1) is 12.5. The van der Waals surface area contributed by atoms with Gasteiger partial charge in [-0.05, 0) is 31.2 Å². The molecule has 3 aromatic rings. The predicted molar refractivity (Wildman–Crippen MR) is 97.1 cm³/mol. The molecule has 1 aromatic heterocycles. The van der Waals surface area contributed by atoms with Gasteiger partial charge in [-0.2, -0.15) is 0 Å². The van der Waals surface area contributed by atoms with Crippen molar-refractivity contribution in [3.8, 4) is 11.5 Å². The van der Waals surface area contributed by atoms with Gasteiger partial charge in [-0.25, -0.2) is 4.79 Å². The van der Waals surface area contributed by atoms with Gasteiger partial charge in [0.05, 0.1) is 19.8 Å². The van der Waals surface area contributed by atoms with Crippen molar-refractivity contribution < 1.29 is 23.8 Å². The lowest BCUT2D eigenvalue weighted by Crippen LogP contribution is -2.24. The molecule has 0 radical (unpaired) electrons. The number of methoxy groups -OCH3 is 2. The molecule has 0 saturated carbocycles. The second-order valence-corrected chi connectivity index (χ2v) is 5.73. The summed E-state index contributed by atoms with van der Waals surface area (Å²) in [4.78, 5) is 28.1.